The van der Waals surface area contributed by atoms with Crippen LogP contribution in [0, 0.1) is 0 Å². The summed E-state index contributed by atoms with van der Waals surface area (Å²) in [6.45, 7) is 2.07. The van der Waals surface area contributed by atoms with E-state index in [-0.39, 0.29) is 24.7 Å². The number of rotatable bonds is 7. The van der Waals surface area contributed by atoms with Gasteiger partial charge in [-0.1, -0.05) is 32.6 Å². The summed E-state index contributed by atoms with van der Waals surface area (Å²) < 4.78 is 0. The number of amides is 3. The van der Waals surface area contributed by atoms with E-state index in [1.807, 2.05) is 0 Å². The van der Waals surface area contributed by atoms with E-state index in [2.05, 4.69) is 6.92 Å². The fraction of sp³-hybridized carbons (Fsp3) is 0.750. The molecule has 1 fully saturated rings. The van der Waals surface area contributed by atoms with Crippen LogP contribution in [0.25, 0.3) is 0 Å². The lowest BCUT2D eigenvalue weighted by molar-refractivity contribution is -0.149. The predicted octanol–water partition coefficient (Wildman–Crippen LogP) is 0.980. The molecular formula is C12H20N2O4. The number of hydrogen-bond acceptors (Lipinski definition) is 4. The minimum absolute atomic E-state index is 0.156. The van der Waals surface area contributed by atoms with Gasteiger partial charge in [-0.05, 0) is 6.42 Å². The molecule has 102 valence electrons. The number of nitrogens with zero attached hydrogens (tertiary/aromatic N) is 1. The maximum atomic E-state index is 11.6. The van der Waals surface area contributed by atoms with E-state index < -0.39 is 11.9 Å². The second kappa shape index (κ2) is 7.10. The van der Waals surface area contributed by atoms with Crippen molar-refractivity contribution in [2.24, 2.45) is 0 Å². The summed E-state index contributed by atoms with van der Waals surface area (Å²) in [5, 5.41) is 8.69. The maximum absolute atomic E-state index is 11.6. The van der Waals surface area contributed by atoms with Crippen LogP contribution in [0.1, 0.15) is 51.9 Å². The molecule has 0 radical (unpaired) electrons. The highest BCUT2D eigenvalue weighted by atomic mass is 16.5. The lowest BCUT2D eigenvalue weighted by Crippen LogP contribution is -2.48. The van der Waals surface area contributed by atoms with Crippen LogP contribution in [0.2, 0.25) is 0 Å². The molecule has 18 heavy (non-hydrogen) atoms. The van der Waals surface area contributed by atoms with Gasteiger partial charge in [0.1, 0.15) is 6.04 Å². The highest BCUT2D eigenvalue weighted by Gasteiger charge is 2.38. The second-order valence-electron chi connectivity index (χ2n) is 4.50. The quantitative estimate of drug-likeness (QED) is 0.308. The third-order valence-corrected chi connectivity index (χ3v) is 3.15. The van der Waals surface area contributed by atoms with Gasteiger partial charge in [0.25, 0.3) is 5.91 Å². The van der Waals surface area contributed by atoms with Crippen LogP contribution in [0.3, 0.4) is 0 Å². The summed E-state index contributed by atoms with van der Waals surface area (Å²) in [6, 6.07) is -0.866. The summed E-state index contributed by atoms with van der Waals surface area (Å²) in [4.78, 5) is 35.7. The van der Waals surface area contributed by atoms with Gasteiger partial charge >= 0.3 is 0 Å². The standard InChI is InChI=1S/C12H20N2O4/c1-2-3-4-5-6-9(12(17)13-18)14-10(15)7-8-11(14)16/h9,18H,2-8H2,1H3,(H,13,17). The molecule has 1 heterocycles. The van der Waals surface area contributed by atoms with Crippen molar-refractivity contribution in [2.75, 3.05) is 0 Å². The van der Waals surface area contributed by atoms with Gasteiger partial charge in [-0.15, -0.1) is 0 Å². The van der Waals surface area contributed by atoms with Gasteiger partial charge in [0.2, 0.25) is 11.8 Å². The molecule has 1 aliphatic rings. The molecule has 0 aromatic heterocycles. The SMILES string of the molecule is CCCCCCC(C(=O)NO)N1C(=O)CCC1=O. The van der Waals surface area contributed by atoms with E-state index >= 15 is 0 Å². The topological polar surface area (TPSA) is 86.7 Å². The number of carbonyl (C=O) groups is 3. The number of likely N-dealkylation sites (tertiary alicyclic amines) is 1. The minimum atomic E-state index is -0.866. The number of carbonyl (C=O) groups excluding carboxylic acids is 3. The Bertz CT molecular complexity index is 314. The molecule has 0 aliphatic carbocycles. The van der Waals surface area contributed by atoms with Crippen molar-refractivity contribution in [1.82, 2.24) is 10.4 Å². The summed E-state index contributed by atoms with van der Waals surface area (Å²) in [5.74, 6) is -1.34. The fourth-order valence-corrected chi connectivity index (χ4v) is 2.16. The Morgan fingerprint density at radius 1 is 1.28 bits per heavy atom. The largest absolute Gasteiger partial charge is 0.289 e. The van der Waals surface area contributed by atoms with Gasteiger partial charge in [0.05, 0.1) is 0 Å². The molecule has 0 saturated carbocycles. The smallest absolute Gasteiger partial charge is 0.266 e. The molecule has 1 rings (SSSR count). The molecule has 0 spiro atoms. The molecule has 1 aliphatic heterocycles. The number of hydrogen-bond donors (Lipinski definition) is 2. The zero-order chi connectivity index (χ0) is 13.5. The van der Waals surface area contributed by atoms with E-state index in [1.54, 1.807) is 0 Å². The number of nitrogens with one attached hydrogen (secondary N) is 1. The van der Waals surface area contributed by atoms with Crippen molar-refractivity contribution in [2.45, 2.75) is 57.9 Å². The monoisotopic (exact) mass is 256 g/mol. The van der Waals surface area contributed by atoms with Crippen molar-refractivity contribution in [3.63, 3.8) is 0 Å². The Balaban J connectivity index is 2.63. The van der Waals surface area contributed by atoms with Gasteiger partial charge in [-0.25, -0.2) is 5.48 Å². The van der Waals surface area contributed by atoms with Crippen LogP contribution in [-0.4, -0.2) is 33.9 Å². The van der Waals surface area contributed by atoms with Gasteiger partial charge in [-0.2, -0.15) is 0 Å². The first-order valence-electron chi connectivity index (χ1n) is 6.40. The molecule has 1 unspecified atom stereocenters. The van der Waals surface area contributed by atoms with Crippen molar-refractivity contribution in [1.29, 1.82) is 0 Å². The molecule has 6 nitrogen and oxygen atoms in total. The van der Waals surface area contributed by atoms with E-state index in [0.29, 0.717) is 6.42 Å². The van der Waals surface area contributed by atoms with Crippen LogP contribution in [0.15, 0.2) is 0 Å². The van der Waals surface area contributed by atoms with Gasteiger partial charge < -0.3 is 0 Å². The Morgan fingerprint density at radius 2 is 1.89 bits per heavy atom. The van der Waals surface area contributed by atoms with Crippen molar-refractivity contribution < 1.29 is 19.6 Å². The first-order chi connectivity index (χ1) is 8.61. The Kier molecular flexibility index (Phi) is 5.77. The molecule has 1 atom stereocenters. The van der Waals surface area contributed by atoms with Crippen molar-refractivity contribution >= 4 is 17.7 Å². The number of unbranched alkanes of at least 4 members (excludes halogenated alkanes) is 3. The van der Waals surface area contributed by atoms with Crippen LogP contribution in [-0.2, 0) is 14.4 Å². The zero-order valence-electron chi connectivity index (χ0n) is 10.6. The minimum Gasteiger partial charge on any atom is -0.289 e. The normalized spacial score (nSPS) is 17.1. The Labute approximate surface area is 106 Å². The summed E-state index contributed by atoms with van der Waals surface area (Å²) >= 11 is 0. The molecule has 6 heteroatoms. The molecule has 0 aromatic carbocycles. The van der Waals surface area contributed by atoms with Crippen LogP contribution in [0.4, 0.5) is 0 Å². The van der Waals surface area contributed by atoms with Crippen LogP contribution < -0.4 is 5.48 Å². The Morgan fingerprint density at radius 3 is 2.39 bits per heavy atom. The third-order valence-electron chi connectivity index (χ3n) is 3.15. The molecule has 0 bridgehead atoms. The number of imide groups is 1. The van der Waals surface area contributed by atoms with Gasteiger partial charge in [0.15, 0.2) is 0 Å². The molecular weight excluding hydrogens is 236 g/mol. The van der Waals surface area contributed by atoms with E-state index in [4.69, 9.17) is 5.21 Å². The summed E-state index contributed by atoms with van der Waals surface area (Å²) in [5.41, 5.74) is 1.54. The highest BCUT2D eigenvalue weighted by molar-refractivity contribution is 6.05. The average molecular weight is 256 g/mol. The second-order valence-corrected chi connectivity index (χ2v) is 4.50. The van der Waals surface area contributed by atoms with Gasteiger partial charge in [0, 0.05) is 12.8 Å². The lowest BCUT2D eigenvalue weighted by atomic mass is 10.1. The average Bonchev–Trinajstić information content (AvgIpc) is 2.69. The summed E-state index contributed by atoms with van der Waals surface area (Å²) in [7, 11) is 0. The summed E-state index contributed by atoms with van der Waals surface area (Å²) in [6.07, 6.45) is 4.54. The van der Waals surface area contributed by atoms with Crippen molar-refractivity contribution in [3.8, 4) is 0 Å². The third kappa shape index (κ3) is 3.53. The highest BCUT2D eigenvalue weighted by Crippen LogP contribution is 2.19. The van der Waals surface area contributed by atoms with Gasteiger partial charge in [-0.3, -0.25) is 24.5 Å². The van der Waals surface area contributed by atoms with Crippen LogP contribution >= 0.6 is 0 Å². The predicted molar refractivity (Wildman–Crippen MR) is 63.6 cm³/mol. The molecule has 3 amide bonds. The van der Waals surface area contributed by atoms with E-state index in [1.165, 1.54) is 5.48 Å². The first-order valence-corrected chi connectivity index (χ1v) is 6.40. The fourth-order valence-electron chi connectivity index (χ4n) is 2.16. The number of hydroxylamine groups is 1. The van der Waals surface area contributed by atoms with Crippen LogP contribution in [0.5, 0.6) is 0 Å². The lowest BCUT2D eigenvalue weighted by Gasteiger charge is -2.24. The zero-order valence-corrected chi connectivity index (χ0v) is 10.6. The van der Waals surface area contributed by atoms with Crippen molar-refractivity contribution in [3.05, 3.63) is 0 Å². The molecule has 2 N–H and O–H groups in total. The van der Waals surface area contributed by atoms with E-state index in [9.17, 15) is 14.4 Å². The maximum Gasteiger partial charge on any atom is 0.266 e. The molecule has 1 saturated heterocycles. The Hall–Kier alpha value is -1.43. The van der Waals surface area contributed by atoms with E-state index in [0.717, 1.165) is 30.6 Å². The first kappa shape index (κ1) is 14.6. The molecule has 0 aromatic rings.